The Morgan fingerprint density at radius 1 is 1.28 bits per heavy atom. The van der Waals surface area contributed by atoms with E-state index in [1.807, 2.05) is 18.2 Å². The second-order valence-corrected chi connectivity index (χ2v) is 4.86. The van der Waals surface area contributed by atoms with Crippen molar-refractivity contribution in [3.63, 3.8) is 0 Å². The highest BCUT2D eigenvalue weighted by molar-refractivity contribution is 5.94. The van der Waals surface area contributed by atoms with Crippen molar-refractivity contribution in [3.8, 4) is 0 Å². The van der Waals surface area contributed by atoms with Gasteiger partial charge in [0.15, 0.2) is 12.0 Å². The summed E-state index contributed by atoms with van der Waals surface area (Å²) in [5.41, 5.74) is 2.30. The van der Waals surface area contributed by atoms with E-state index >= 15 is 0 Å². The van der Waals surface area contributed by atoms with Crippen LogP contribution in [0.1, 0.15) is 32.1 Å². The molecule has 1 heterocycles. The number of rotatable bonds is 2. The largest absolute Gasteiger partial charge is 0.443 e. The Kier molecular flexibility index (Phi) is 3.00. The van der Waals surface area contributed by atoms with Crippen LogP contribution >= 0.6 is 0 Å². The Morgan fingerprint density at radius 2 is 2.11 bits per heavy atom. The number of nitrogens with zero attached hydrogens (tertiary/aromatic N) is 1. The minimum absolute atomic E-state index is 0.133. The van der Waals surface area contributed by atoms with Gasteiger partial charge in [0.2, 0.25) is 5.91 Å². The first kappa shape index (κ1) is 11.3. The van der Waals surface area contributed by atoms with Crippen LogP contribution in [0.25, 0.3) is 11.1 Å². The average Bonchev–Trinajstić information content (AvgIpc) is 2.87. The first-order chi connectivity index (χ1) is 8.83. The number of carbonyl (C=O) groups is 1. The highest BCUT2D eigenvalue weighted by Crippen LogP contribution is 2.25. The molecule has 1 fully saturated rings. The monoisotopic (exact) mass is 244 g/mol. The van der Waals surface area contributed by atoms with E-state index in [2.05, 4.69) is 10.3 Å². The molecule has 1 aliphatic carbocycles. The summed E-state index contributed by atoms with van der Waals surface area (Å²) in [5.74, 6) is 0.303. The van der Waals surface area contributed by atoms with E-state index in [0.29, 0.717) is 5.58 Å². The fourth-order valence-corrected chi connectivity index (χ4v) is 2.54. The topological polar surface area (TPSA) is 55.1 Å². The normalized spacial score (nSPS) is 16.9. The second kappa shape index (κ2) is 4.80. The third-order valence-corrected chi connectivity index (χ3v) is 3.57. The molecule has 3 rings (SSSR count). The molecule has 0 atom stereocenters. The summed E-state index contributed by atoms with van der Waals surface area (Å²) in [6.45, 7) is 0. The van der Waals surface area contributed by atoms with Gasteiger partial charge >= 0.3 is 0 Å². The van der Waals surface area contributed by atoms with Gasteiger partial charge < -0.3 is 9.73 Å². The third kappa shape index (κ3) is 2.23. The molecule has 18 heavy (non-hydrogen) atoms. The molecule has 0 spiro atoms. The molecule has 0 aliphatic heterocycles. The number of oxazole rings is 1. The van der Waals surface area contributed by atoms with E-state index in [1.54, 1.807) is 0 Å². The van der Waals surface area contributed by atoms with Crippen LogP contribution in [0.2, 0.25) is 0 Å². The van der Waals surface area contributed by atoms with Gasteiger partial charge in [0.05, 0.1) is 0 Å². The minimum Gasteiger partial charge on any atom is -0.443 e. The summed E-state index contributed by atoms with van der Waals surface area (Å²) in [6, 6.07) is 5.55. The Bertz CT molecular complexity index is 556. The van der Waals surface area contributed by atoms with Gasteiger partial charge in [-0.25, -0.2) is 4.98 Å². The van der Waals surface area contributed by atoms with Crippen LogP contribution in [0, 0.1) is 5.92 Å². The molecule has 1 saturated carbocycles. The maximum absolute atomic E-state index is 12.1. The number of carbonyl (C=O) groups excluding carboxylic acids is 1. The van der Waals surface area contributed by atoms with Crippen molar-refractivity contribution in [2.24, 2.45) is 5.92 Å². The number of aromatic nitrogens is 1. The van der Waals surface area contributed by atoms with Gasteiger partial charge in [-0.1, -0.05) is 19.3 Å². The average molecular weight is 244 g/mol. The lowest BCUT2D eigenvalue weighted by Gasteiger charge is -2.20. The Hall–Kier alpha value is -1.84. The van der Waals surface area contributed by atoms with Crippen molar-refractivity contribution in [1.29, 1.82) is 0 Å². The molecular weight excluding hydrogens is 228 g/mol. The van der Waals surface area contributed by atoms with E-state index in [-0.39, 0.29) is 11.8 Å². The molecular formula is C14H16N2O2. The summed E-state index contributed by atoms with van der Waals surface area (Å²) in [7, 11) is 0. The summed E-state index contributed by atoms with van der Waals surface area (Å²) < 4.78 is 5.22. The van der Waals surface area contributed by atoms with Crippen molar-refractivity contribution in [2.45, 2.75) is 32.1 Å². The molecule has 1 aromatic carbocycles. The summed E-state index contributed by atoms with van der Waals surface area (Å²) >= 11 is 0. The van der Waals surface area contributed by atoms with Crippen molar-refractivity contribution in [3.05, 3.63) is 24.6 Å². The van der Waals surface area contributed by atoms with Gasteiger partial charge in [-0.15, -0.1) is 0 Å². The predicted molar refractivity (Wildman–Crippen MR) is 69.2 cm³/mol. The van der Waals surface area contributed by atoms with Crippen LogP contribution in [0.4, 0.5) is 5.69 Å². The molecule has 1 N–H and O–H groups in total. The molecule has 1 amide bonds. The van der Waals surface area contributed by atoms with Crippen molar-refractivity contribution in [2.75, 3.05) is 5.32 Å². The van der Waals surface area contributed by atoms with Gasteiger partial charge in [-0.3, -0.25) is 4.79 Å². The standard InChI is InChI=1S/C14H16N2O2/c17-14(10-4-2-1-3-5-10)16-11-6-7-12-13(8-11)18-9-15-12/h6-10H,1-5H2,(H,16,17). The molecule has 0 saturated heterocycles. The highest BCUT2D eigenvalue weighted by Gasteiger charge is 2.21. The predicted octanol–water partition coefficient (Wildman–Crippen LogP) is 3.35. The zero-order valence-corrected chi connectivity index (χ0v) is 10.2. The Morgan fingerprint density at radius 3 is 2.94 bits per heavy atom. The molecule has 4 nitrogen and oxygen atoms in total. The molecule has 2 aromatic rings. The van der Waals surface area contributed by atoms with E-state index in [0.717, 1.165) is 24.0 Å². The van der Waals surface area contributed by atoms with Crippen LogP contribution in [0.15, 0.2) is 29.0 Å². The van der Waals surface area contributed by atoms with Crippen LogP contribution in [-0.2, 0) is 4.79 Å². The summed E-state index contributed by atoms with van der Waals surface area (Å²) in [6.07, 6.45) is 7.02. The van der Waals surface area contributed by atoms with E-state index in [4.69, 9.17) is 4.42 Å². The lowest BCUT2D eigenvalue weighted by Crippen LogP contribution is -2.24. The SMILES string of the molecule is O=C(Nc1ccc2ncoc2c1)C1CCCCC1. The highest BCUT2D eigenvalue weighted by atomic mass is 16.3. The number of amides is 1. The molecule has 4 heteroatoms. The number of hydrogen-bond donors (Lipinski definition) is 1. The van der Waals surface area contributed by atoms with E-state index in [9.17, 15) is 4.79 Å². The number of hydrogen-bond acceptors (Lipinski definition) is 3. The van der Waals surface area contributed by atoms with Crippen molar-refractivity contribution >= 4 is 22.7 Å². The number of nitrogens with one attached hydrogen (secondary N) is 1. The minimum atomic E-state index is 0.133. The lowest BCUT2D eigenvalue weighted by atomic mass is 9.88. The smallest absolute Gasteiger partial charge is 0.227 e. The van der Waals surface area contributed by atoms with Crippen LogP contribution in [0.3, 0.4) is 0 Å². The Labute approximate surface area is 105 Å². The zero-order valence-electron chi connectivity index (χ0n) is 10.2. The summed E-state index contributed by atoms with van der Waals surface area (Å²) in [5, 5.41) is 2.97. The number of fused-ring (bicyclic) bond motifs is 1. The maximum atomic E-state index is 12.1. The first-order valence-electron chi connectivity index (χ1n) is 6.47. The summed E-state index contributed by atoms with van der Waals surface area (Å²) in [4.78, 5) is 16.1. The lowest BCUT2D eigenvalue weighted by molar-refractivity contribution is -0.120. The molecule has 0 radical (unpaired) electrons. The number of benzene rings is 1. The second-order valence-electron chi connectivity index (χ2n) is 4.86. The van der Waals surface area contributed by atoms with Gasteiger partial charge in [0.1, 0.15) is 5.52 Å². The fraction of sp³-hybridized carbons (Fsp3) is 0.429. The fourth-order valence-electron chi connectivity index (χ4n) is 2.54. The van der Waals surface area contributed by atoms with Gasteiger partial charge in [-0.05, 0) is 25.0 Å². The third-order valence-electron chi connectivity index (χ3n) is 3.57. The molecule has 0 bridgehead atoms. The van der Waals surface area contributed by atoms with Gasteiger partial charge in [0.25, 0.3) is 0 Å². The molecule has 0 unspecified atom stereocenters. The molecule has 1 aromatic heterocycles. The molecule has 1 aliphatic rings. The van der Waals surface area contributed by atoms with Crippen LogP contribution in [-0.4, -0.2) is 10.9 Å². The van der Waals surface area contributed by atoms with Crippen molar-refractivity contribution in [1.82, 2.24) is 4.98 Å². The van der Waals surface area contributed by atoms with Crippen LogP contribution < -0.4 is 5.32 Å². The molecule has 94 valence electrons. The first-order valence-corrected chi connectivity index (χ1v) is 6.47. The van der Waals surface area contributed by atoms with E-state index < -0.39 is 0 Å². The van der Waals surface area contributed by atoms with Gasteiger partial charge in [-0.2, -0.15) is 0 Å². The Balaban J connectivity index is 1.72. The van der Waals surface area contributed by atoms with Crippen molar-refractivity contribution < 1.29 is 9.21 Å². The number of anilines is 1. The zero-order chi connectivity index (χ0) is 12.4. The maximum Gasteiger partial charge on any atom is 0.227 e. The van der Waals surface area contributed by atoms with E-state index in [1.165, 1.54) is 25.7 Å². The van der Waals surface area contributed by atoms with Crippen LogP contribution in [0.5, 0.6) is 0 Å². The van der Waals surface area contributed by atoms with Gasteiger partial charge in [0, 0.05) is 17.7 Å². The quantitative estimate of drug-likeness (QED) is 0.881.